The molecular formula is C105H69N7O. The van der Waals surface area contributed by atoms with Crippen molar-refractivity contribution < 1.29 is 4.42 Å². The maximum atomic E-state index is 5.99. The van der Waals surface area contributed by atoms with Crippen molar-refractivity contribution in [3.8, 4) is 135 Å². The number of aromatic nitrogens is 7. The quantitative estimate of drug-likeness (QED) is 0.119. The molecule has 0 bridgehead atoms. The zero-order chi connectivity index (χ0) is 75.2. The molecule has 0 atom stereocenters. The smallest absolute Gasteiger partial charge is 0.227 e. The van der Waals surface area contributed by atoms with Crippen LogP contribution in [-0.2, 0) is 0 Å². The first-order valence-electron chi connectivity index (χ1n) is 37.9. The monoisotopic (exact) mass is 1440 g/mol. The summed E-state index contributed by atoms with van der Waals surface area (Å²) >= 11 is 0. The maximum absolute atomic E-state index is 5.99. The van der Waals surface area contributed by atoms with E-state index in [4.69, 9.17) is 34.3 Å². The van der Waals surface area contributed by atoms with Crippen molar-refractivity contribution in [1.82, 2.24) is 34.9 Å². The van der Waals surface area contributed by atoms with Crippen LogP contribution in [0.15, 0.2) is 423 Å². The second-order valence-electron chi connectivity index (χ2n) is 27.9. The molecule has 113 heavy (non-hydrogen) atoms. The van der Waals surface area contributed by atoms with E-state index in [0.717, 1.165) is 161 Å². The van der Waals surface area contributed by atoms with Crippen LogP contribution in [0.5, 0.6) is 0 Å². The fourth-order valence-electron chi connectivity index (χ4n) is 14.9. The second-order valence-corrected chi connectivity index (χ2v) is 27.9. The van der Waals surface area contributed by atoms with Gasteiger partial charge < -0.3 is 4.42 Å². The van der Waals surface area contributed by atoms with Crippen LogP contribution in [0.3, 0.4) is 0 Å². The number of nitrogens with zero attached hydrogens (tertiary/aromatic N) is 7. The van der Waals surface area contributed by atoms with E-state index in [-0.39, 0.29) is 0 Å². The molecule has 8 heteroatoms. The molecule has 530 valence electrons. The number of benzene rings is 14. The largest absolute Gasteiger partial charge is 0.436 e. The fraction of sp³-hybridized carbons (Fsp3) is 0. The SMILES string of the molecule is c1ccc(-c2ccc3nc(-c4ccccc4)cc(-c4ccc(-c5ccc6ccccc6n5)nc4)c3c2)cc1.c1ccc(-c2ccc3nc(-c4ccccc4)cc(-c4ccc(-c5nc6ccccc6o5)cc4)c3c2)cc1.c1ccc(-c2ccc3nc(-c4ccccc4)cc(-c4cccc(-c5ccc6ccccc6n5)c4)c3c2)cc1. The van der Waals surface area contributed by atoms with E-state index >= 15 is 0 Å². The lowest BCUT2D eigenvalue weighted by Gasteiger charge is -2.13. The molecule has 14 aromatic carbocycles. The summed E-state index contributed by atoms with van der Waals surface area (Å²) in [5.74, 6) is 0.628. The molecule has 0 unspecified atom stereocenters. The third-order valence-corrected chi connectivity index (χ3v) is 20.7. The van der Waals surface area contributed by atoms with Gasteiger partial charge in [-0.05, 0) is 176 Å². The minimum atomic E-state index is 0.628. The average Bonchev–Trinajstić information content (AvgIpc) is 1.28. The summed E-state index contributed by atoms with van der Waals surface area (Å²) < 4.78 is 5.99. The first-order chi connectivity index (χ1) is 55.9. The number of rotatable bonds is 12. The van der Waals surface area contributed by atoms with Crippen LogP contribution in [0.4, 0.5) is 0 Å². The van der Waals surface area contributed by atoms with E-state index in [1.165, 1.54) is 33.4 Å². The topological polar surface area (TPSA) is 103 Å². The Labute approximate surface area is 654 Å². The van der Waals surface area contributed by atoms with Gasteiger partial charge in [0, 0.05) is 66.5 Å². The molecular weight excluding hydrogens is 1380 g/mol. The number of hydrogen-bond donors (Lipinski definition) is 0. The molecule has 7 heterocycles. The highest BCUT2D eigenvalue weighted by molar-refractivity contribution is 6.03. The Morgan fingerprint density at radius 1 is 0.168 bits per heavy atom. The zero-order valence-electron chi connectivity index (χ0n) is 61.4. The molecule has 21 rings (SSSR count). The highest BCUT2D eigenvalue weighted by Crippen LogP contribution is 2.41. The predicted molar refractivity (Wildman–Crippen MR) is 466 cm³/mol. The van der Waals surface area contributed by atoms with E-state index in [1.54, 1.807) is 0 Å². The van der Waals surface area contributed by atoms with Crippen molar-refractivity contribution in [2.45, 2.75) is 0 Å². The van der Waals surface area contributed by atoms with Crippen molar-refractivity contribution in [2.24, 2.45) is 0 Å². The van der Waals surface area contributed by atoms with Gasteiger partial charge in [-0.2, -0.15) is 0 Å². The molecule has 0 saturated carbocycles. The third kappa shape index (κ3) is 14.5. The predicted octanol–water partition coefficient (Wildman–Crippen LogP) is 27.3. The Hall–Kier alpha value is -15.3. The molecule has 7 aromatic heterocycles. The van der Waals surface area contributed by atoms with Gasteiger partial charge >= 0.3 is 0 Å². The van der Waals surface area contributed by atoms with E-state index in [1.807, 2.05) is 109 Å². The van der Waals surface area contributed by atoms with Gasteiger partial charge in [-0.25, -0.2) is 29.9 Å². The summed E-state index contributed by atoms with van der Waals surface area (Å²) in [5.41, 5.74) is 31.3. The first kappa shape index (κ1) is 68.3. The lowest BCUT2D eigenvalue weighted by molar-refractivity contribution is 0.620. The Bertz CT molecular complexity index is 6970. The van der Waals surface area contributed by atoms with Crippen LogP contribution in [0.25, 0.3) is 200 Å². The highest BCUT2D eigenvalue weighted by atomic mass is 16.3. The van der Waals surface area contributed by atoms with Gasteiger partial charge in [-0.15, -0.1) is 0 Å². The van der Waals surface area contributed by atoms with Crippen LogP contribution >= 0.6 is 0 Å². The Balaban J connectivity index is 0.000000114. The van der Waals surface area contributed by atoms with Crippen LogP contribution < -0.4 is 0 Å². The first-order valence-corrected chi connectivity index (χ1v) is 37.9. The van der Waals surface area contributed by atoms with Gasteiger partial charge in [-0.3, -0.25) is 4.98 Å². The molecule has 0 aliphatic rings. The summed E-state index contributed by atoms with van der Waals surface area (Å²) in [6.07, 6.45) is 1.95. The van der Waals surface area contributed by atoms with E-state index in [0.29, 0.717) is 5.89 Å². The normalized spacial score (nSPS) is 11.2. The van der Waals surface area contributed by atoms with Crippen molar-refractivity contribution in [1.29, 1.82) is 0 Å². The molecule has 0 radical (unpaired) electrons. The highest BCUT2D eigenvalue weighted by Gasteiger charge is 2.18. The zero-order valence-corrected chi connectivity index (χ0v) is 61.4. The fourth-order valence-corrected chi connectivity index (χ4v) is 14.9. The van der Waals surface area contributed by atoms with Crippen molar-refractivity contribution >= 4 is 65.6 Å². The van der Waals surface area contributed by atoms with Crippen molar-refractivity contribution in [3.05, 3.63) is 419 Å². The minimum Gasteiger partial charge on any atom is -0.436 e. The lowest BCUT2D eigenvalue weighted by atomic mass is 9.94. The van der Waals surface area contributed by atoms with Gasteiger partial charge in [0.25, 0.3) is 0 Å². The summed E-state index contributed by atoms with van der Waals surface area (Å²) in [4.78, 5) is 34.4. The number of para-hydroxylation sites is 4. The number of hydrogen-bond acceptors (Lipinski definition) is 8. The molecule has 0 aliphatic carbocycles. The van der Waals surface area contributed by atoms with Gasteiger partial charge in [-0.1, -0.05) is 297 Å². The molecule has 0 aliphatic heterocycles. The lowest BCUT2D eigenvalue weighted by Crippen LogP contribution is -1.93. The van der Waals surface area contributed by atoms with Gasteiger partial charge in [0.2, 0.25) is 5.89 Å². The molecule has 8 nitrogen and oxygen atoms in total. The second kappa shape index (κ2) is 30.8. The maximum Gasteiger partial charge on any atom is 0.227 e. The average molecular weight is 1440 g/mol. The van der Waals surface area contributed by atoms with E-state index < -0.39 is 0 Å². The van der Waals surface area contributed by atoms with Crippen LogP contribution in [0.1, 0.15) is 0 Å². The van der Waals surface area contributed by atoms with Crippen molar-refractivity contribution in [2.75, 3.05) is 0 Å². The van der Waals surface area contributed by atoms with Gasteiger partial charge in [0.15, 0.2) is 5.58 Å². The Morgan fingerprint density at radius 2 is 0.513 bits per heavy atom. The molecule has 0 saturated heterocycles. The Kier molecular flexibility index (Phi) is 18.6. The number of fused-ring (bicyclic) bond motifs is 6. The number of pyridine rings is 6. The van der Waals surface area contributed by atoms with Crippen LogP contribution in [-0.4, -0.2) is 34.9 Å². The molecule has 21 aromatic rings. The molecule has 0 fully saturated rings. The van der Waals surface area contributed by atoms with E-state index in [9.17, 15) is 0 Å². The van der Waals surface area contributed by atoms with Gasteiger partial charge in [0.05, 0.1) is 61.7 Å². The minimum absolute atomic E-state index is 0.628. The summed E-state index contributed by atoms with van der Waals surface area (Å²) in [5, 5.41) is 5.63. The number of oxazole rings is 1. The summed E-state index contributed by atoms with van der Waals surface area (Å²) in [6.45, 7) is 0. The van der Waals surface area contributed by atoms with Gasteiger partial charge in [0.1, 0.15) is 5.52 Å². The molecule has 0 amide bonds. The van der Waals surface area contributed by atoms with Crippen molar-refractivity contribution in [3.63, 3.8) is 0 Å². The standard InChI is InChI=1S/C36H24N2.C35H23N3.C34H22N2O/c1-3-10-25(11-4-1)28-19-21-35-32(23-28)31(24-36(38-35)26-12-5-2-6-13-26)29-15-9-16-30(22-29)34-20-18-27-14-7-8-17-33(27)37-34;1-3-9-24(10-4-1)27-16-18-32-30(21-27)29(22-35(38-32)25-11-5-2-6-12-25)28-17-19-33(36-23-28)34-20-15-26-13-7-8-14-31(26)37-34;1-3-9-23(10-4-1)27-19-20-30-29(21-27)28(22-32(35-30)25-11-5-2-6-12-25)24-15-17-26(18-16-24)34-36-31-13-7-8-14-33(31)37-34/h1-24H;1-23H;1-22H. The third-order valence-electron chi connectivity index (χ3n) is 20.7. The summed E-state index contributed by atoms with van der Waals surface area (Å²) in [7, 11) is 0. The van der Waals surface area contributed by atoms with Crippen LogP contribution in [0, 0.1) is 0 Å². The van der Waals surface area contributed by atoms with E-state index in [2.05, 4.69) is 314 Å². The Morgan fingerprint density at radius 3 is 0.973 bits per heavy atom. The van der Waals surface area contributed by atoms with Crippen LogP contribution in [0.2, 0.25) is 0 Å². The molecule has 0 spiro atoms. The molecule has 0 N–H and O–H groups in total. The summed E-state index contributed by atoms with van der Waals surface area (Å²) in [6, 6.07) is 143.